The maximum Gasteiger partial charge on any atom is 0.329 e. The number of nitrogens with one attached hydrogen (secondary N) is 3. The van der Waals surface area contributed by atoms with E-state index in [1.807, 2.05) is 55.5 Å². The number of thiophene rings is 1. The number of aromatic nitrogens is 3. The molecule has 304 valence electrons. The van der Waals surface area contributed by atoms with E-state index in [1.165, 1.54) is 11.3 Å². The molecule has 3 aromatic carbocycles. The summed E-state index contributed by atoms with van der Waals surface area (Å²) in [5.41, 5.74) is 6.09. The summed E-state index contributed by atoms with van der Waals surface area (Å²) in [5.74, 6) is -0.194. The molecule has 2 atom stereocenters. The molecule has 3 saturated heterocycles. The topological polar surface area (TPSA) is 134 Å². The normalized spacial score (nSPS) is 21.1. The van der Waals surface area contributed by atoms with E-state index in [0.29, 0.717) is 40.9 Å². The molecular weight excluding hydrogens is 768 g/mol. The van der Waals surface area contributed by atoms with Crippen LogP contribution in [0.3, 0.4) is 0 Å². The molecule has 0 radical (unpaired) electrons. The summed E-state index contributed by atoms with van der Waals surface area (Å²) in [6.45, 7) is 7.37. The second-order valence-corrected chi connectivity index (χ2v) is 17.9. The average molecular weight is 815 g/mol. The van der Waals surface area contributed by atoms with E-state index in [-0.39, 0.29) is 35.8 Å². The summed E-state index contributed by atoms with van der Waals surface area (Å²) in [7, 11) is 1.78. The van der Waals surface area contributed by atoms with Gasteiger partial charge in [-0.3, -0.25) is 28.8 Å². The summed E-state index contributed by atoms with van der Waals surface area (Å²) < 4.78 is 20.1. The second kappa shape index (κ2) is 14.9. The highest BCUT2D eigenvalue weighted by atomic mass is 32.1. The predicted molar refractivity (Wildman–Crippen MR) is 230 cm³/mol. The first-order chi connectivity index (χ1) is 28.6. The Hall–Kier alpha value is -5.60. The van der Waals surface area contributed by atoms with Gasteiger partial charge < -0.3 is 20.4 Å². The molecule has 59 heavy (non-hydrogen) atoms. The highest BCUT2D eigenvalue weighted by molar-refractivity contribution is 7.21. The molecule has 3 N–H and O–H groups in total. The lowest BCUT2D eigenvalue weighted by atomic mass is 9.87. The lowest BCUT2D eigenvalue weighted by Gasteiger charge is -2.38. The Morgan fingerprint density at radius 2 is 1.73 bits per heavy atom. The van der Waals surface area contributed by atoms with Gasteiger partial charge >= 0.3 is 5.69 Å². The number of benzene rings is 3. The third-order valence-electron chi connectivity index (χ3n) is 13.1. The molecule has 10 rings (SSSR count). The number of nitrogens with zero attached hydrogens (tertiary/aromatic N) is 5. The van der Waals surface area contributed by atoms with E-state index in [4.69, 9.17) is 4.98 Å². The molecule has 14 heteroatoms. The molecule has 3 aromatic heterocycles. The van der Waals surface area contributed by atoms with Gasteiger partial charge in [-0.2, -0.15) is 0 Å². The van der Waals surface area contributed by atoms with Crippen molar-refractivity contribution < 1.29 is 18.8 Å². The highest BCUT2D eigenvalue weighted by Crippen LogP contribution is 2.42. The highest BCUT2D eigenvalue weighted by Gasteiger charge is 2.33. The van der Waals surface area contributed by atoms with Gasteiger partial charge in [0.05, 0.1) is 27.9 Å². The molecule has 0 aliphatic carbocycles. The Labute approximate surface area is 344 Å². The molecule has 0 spiro atoms. The van der Waals surface area contributed by atoms with Crippen LogP contribution in [0, 0.1) is 11.7 Å². The van der Waals surface area contributed by atoms with E-state index in [9.17, 15) is 19.2 Å². The Morgan fingerprint density at radius 3 is 2.51 bits per heavy atom. The average Bonchev–Trinajstić information content (AvgIpc) is 3.69. The molecule has 6 aromatic rings. The van der Waals surface area contributed by atoms with Crippen LogP contribution in [0.1, 0.15) is 72.6 Å². The smallest absolute Gasteiger partial charge is 0.329 e. The molecule has 4 aliphatic rings. The third-order valence-corrected chi connectivity index (χ3v) is 14.3. The first kappa shape index (κ1) is 37.7. The first-order valence-corrected chi connectivity index (χ1v) is 21.6. The summed E-state index contributed by atoms with van der Waals surface area (Å²) in [5, 5.41) is 10.8. The number of pyridine rings is 1. The van der Waals surface area contributed by atoms with Gasteiger partial charge in [0, 0.05) is 72.4 Å². The van der Waals surface area contributed by atoms with Crippen LogP contribution >= 0.6 is 11.3 Å². The summed E-state index contributed by atoms with van der Waals surface area (Å²) in [6, 6.07) is 18.7. The van der Waals surface area contributed by atoms with Crippen LogP contribution in [0.15, 0.2) is 65.5 Å². The van der Waals surface area contributed by atoms with Gasteiger partial charge in [0.15, 0.2) is 0 Å². The number of fused-ring (bicyclic) bond motifs is 6. The van der Waals surface area contributed by atoms with Crippen molar-refractivity contribution in [3.63, 3.8) is 0 Å². The lowest BCUT2D eigenvalue weighted by molar-refractivity contribution is -0.135. The number of anilines is 2. The fourth-order valence-electron chi connectivity index (χ4n) is 9.98. The second-order valence-electron chi connectivity index (χ2n) is 16.8. The maximum atomic E-state index is 15.9. The number of imidazole rings is 1. The lowest BCUT2D eigenvalue weighted by Crippen LogP contribution is -2.44. The van der Waals surface area contributed by atoms with Crippen LogP contribution in [0.4, 0.5) is 15.8 Å². The molecule has 3 fully saturated rings. The van der Waals surface area contributed by atoms with Gasteiger partial charge in [-0.1, -0.05) is 12.1 Å². The molecule has 12 nitrogen and oxygen atoms in total. The fourth-order valence-corrected chi connectivity index (χ4v) is 11.1. The van der Waals surface area contributed by atoms with Crippen LogP contribution in [0.2, 0.25) is 0 Å². The number of piperidine rings is 3. The van der Waals surface area contributed by atoms with Crippen molar-refractivity contribution in [3.8, 4) is 11.3 Å². The molecule has 0 saturated carbocycles. The largest absolute Gasteiger partial charge is 0.381 e. The Kier molecular flexibility index (Phi) is 9.51. The van der Waals surface area contributed by atoms with Gasteiger partial charge in [0.25, 0.3) is 5.91 Å². The number of aryl methyl sites for hydroxylation is 1. The zero-order valence-electron chi connectivity index (χ0n) is 33.2. The molecule has 0 bridgehead atoms. The minimum absolute atomic E-state index is 0.0232. The van der Waals surface area contributed by atoms with E-state index in [0.717, 1.165) is 107 Å². The standard InChI is InChI=1S/C45H47FN8O4S/c1-25-23-47-40-39-31-8-9-33(49-34(31)10-12-37(39)59-42(40)44(57)48-25)30-7-6-28(22-32(30)46)53-20-14-26(15-21-53)24-52-18-16-27(17-19-52)29-4-3-5-35-41(29)51(2)45(58)54(35)36-11-13-38(55)50-43(36)56/h3-10,12,22,25-27,36,47H,11,13-21,23-24H2,1-2H3,(H,48,57)(H,50,55,56)/t25-,36?/m1/s1. The van der Waals surface area contributed by atoms with E-state index < -0.39 is 11.9 Å². The quantitative estimate of drug-likeness (QED) is 0.162. The van der Waals surface area contributed by atoms with Gasteiger partial charge in [-0.25, -0.2) is 14.2 Å². The zero-order chi connectivity index (χ0) is 40.5. The van der Waals surface area contributed by atoms with Gasteiger partial charge in [0.1, 0.15) is 16.7 Å². The van der Waals surface area contributed by atoms with E-state index >= 15 is 4.39 Å². The maximum absolute atomic E-state index is 15.9. The molecule has 4 aliphatic heterocycles. The summed E-state index contributed by atoms with van der Waals surface area (Å²) in [6.07, 6.45) is 4.60. The van der Waals surface area contributed by atoms with Crippen molar-refractivity contribution >= 4 is 72.5 Å². The summed E-state index contributed by atoms with van der Waals surface area (Å²) >= 11 is 1.48. The monoisotopic (exact) mass is 814 g/mol. The zero-order valence-corrected chi connectivity index (χ0v) is 34.0. The van der Waals surface area contributed by atoms with Crippen LogP contribution in [-0.2, 0) is 16.6 Å². The van der Waals surface area contributed by atoms with Crippen molar-refractivity contribution in [1.29, 1.82) is 0 Å². The number of hydrogen-bond acceptors (Lipinski definition) is 9. The van der Waals surface area contributed by atoms with Gasteiger partial charge in [0.2, 0.25) is 11.8 Å². The van der Waals surface area contributed by atoms with E-state index in [1.54, 1.807) is 22.2 Å². The molecular formula is C45H47FN8O4S. The van der Waals surface area contributed by atoms with Crippen LogP contribution in [0.5, 0.6) is 0 Å². The van der Waals surface area contributed by atoms with Crippen LogP contribution in [0.25, 0.3) is 43.3 Å². The van der Waals surface area contributed by atoms with Crippen LogP contribution in [-0.4, -0.2) is 82.1 Å². The van der Waals surface area contributed by atoms with Crippen molar-refractivity contribution in [2.24, 2.45) is 13.0 Å². The minimum Gasteiger partial charge on any atom is -0.381 e. The van der Waals surface area contributed by atoms with Crippen molar-refractivity contribution in [2.75, 3.05) is 49.5 Å². The third kappa shape index (κ3) is 6.66. The van der Waals surface area contributed by atoms with Crippen molar-refractivity contribution in [1.82, 2.24) is 29.7 Å². The Morgan fingerprint density at radius 1 is 0.915 bits per heavy atom. The number of para-hydroxylation sites is 1. The minimum atomic E-state index is -0.691. The van der Waals surface area contributed by atoms with Crippen molar-refractivity contribution in [3.05, 3.63) is 87.4 Å². The number of carbonyl (C=O) groups is 3. The summed E-state index contributed by atoms with van der Waals surface area (Å²) in [4.78, 5) is 61.3. The van der Waals surface area contributed by atoms with Gasteiger partial charge in [-0.15, -0.1) is 11.3 Å². The SMILES string of the molecule is C[C@@H]1CNc2c(sc3ccc4nc(-c5ccc(N6CCC(CN7CCC(c8cccc9c8n(C)c(=O)n9C8CCC(=O)NC8=O)CC7)CC6)cc5F)ccc4c23)C(=O)N1. The number of halogens is 1. The predicted octanol–water partition coefficient (Wildman–Crippen LogP) is 6.53. The van der Waals surface area contributed by atoms with Gasteiger partial charge in [-0.05, 0) is 118 Å². The molecule has 1 unspecified atom stereocenters. The molecule has 7 heterocycles. The number of imide groups is 1. The number of amides is 3. The number of likely N-dealkylation sites (tertiary alicyclic amines) is 1. The van der Waals surface area contributed by atoms with Crippen LogP contribution < -0.4 is 26.5 Å². The van der Waals surface area contributed by atoms with E-state index in [2.05, 4.69) is 31.8 Å². The number of rotatable bonds is 6. The fraction of sp³-hybridized carbons (Fsp3) is 0.400. The Balaban J connectivity index is 0.771. The molecule has 3 amide bonds. The number of carbonyl (C=O) groups excluding carboxylic acids is 3. The Bertz CT molecular complexity index is 2740. The first-order valence-electron chi connectivity index (χ1n) is 20.8. The number of hydrogen-bond donors (Lipinski definition) is 3. The van der Waals surface area contributed by atoms with Crippen molar-refractivity contribution in [2.45, 2.75) is 63.5 Å².